The van der Waals surface area contributed by atoms with E-state index in [0.29, 0.717) is 24.3 Å². The Balaban J connectivity index is 1.85. The van der Waals surface area contributed by atoms with Crippen molar-refractivity contribution in [3.8, 4) is 5.75 Å². The Morgan fingerprint density at radius 1 is 1.12 bits per heavy atom. The first-order chi connectivity index (χ1) is 15.9. The lowest BCUT2D eigenvalue weighted by Crippen LogP contribution is -2.58. The molecule has 8 heteroatoms. The van der Waals surface area contributed by atoms with Crippen LogP contribution >= 0.6 is 0 Å². The van der Waals surface area contributed by atoms with Gasteiger partial charge in [0, 0.05) is 12.6 Å². The highest BCUT2D eigenvalue weighted by Crippen LogP contribution is 2.48. The molecule has 2 aliphatic heterocycles. The van der Waals surface area contributed by atoms with E-state index in [2.05, 4.69) is 12.2 Å². The molecule has 1 aromatic carbocycles. The molecule has 0 radical (unpaired) electrons. The van der Waals surface area contributed by atoms with Gasteiger partial charge in [0.2, 0.25) is 11.8 Å². The molecule has 4 unspecified atom stereocenters. The van der Waals surface area contributed by atoms with Crippen LogP contribution in [-0.2, 0) is 14.4 Å². The zero-order valence-electron chi connectivity index (χ0n) is 19.3. The fourth-order valence-corrected chi connectivity index (χ4v) is 4.73. The number of nitrogens with zero attached hydrogens (tertiary/aromatic N) is 1. The topological polar surface area (TPSA) is 116 Å². The third-order valence-corrected chi connectivity index (χ3v) is 6.50. The number of hydrogen-bond donors (Lipinski definition) is 3. The number of fused-ring (bicyclic) bond motifs is 1. The van der Waals surface area contributed by atoms with E-state index in [9.17, 15) is 24.6 Å². The van der Waals surface area contributed by atoms with Crippen molar-refractivity contribution < 1.29 is 29.3 Å². The number of aliphatic hydroxyl groups excluding tert-OH is 1. The third kappa shape index (κ3) is 4.82. The summed E-state index contributed by atoms with van der Waals surface area (Å²) in [5.74, 6) is -3.67. The van der Waals surface area contributed by atoms with Crippen molar-refractivity contribution >= 4 is 17.8 Å². The van der Waals surface area contributed by atoms with Gasteiger partial charge in [-0.25, -0.2) is 0 Å². The van der Waals surface area contributed by atoms with Crippen molar-refractivity contribution in [2.45, 2.75) is 57.5 Å². The van der Waals surface area contributed by atoms with Gasteiger partial charge in [-0.05, 0) is 37.0 Å². The number of carboxylic acid groups (broad SMARTS) is 1. The van der Waals surface area contributed by atoms with Crippen LogP contribution in [0.5, 0.6) is 5.75 Å². The zero-order valence-corrected chi connectivity index (χ0v) is 19.3. The molecule has 3 N–H and O–H groups in total. The van der Waals surface area contributed by atoms with Crippen molar-refractivity contribution in [1.29, 1.82) is 0 Å². The summed E-state index contributed by atoms with van der Waals surface area (Å²) in [7, 11) is 0. The van der Waals surface area contributed by atoms with E-state index in [-0.39, 0.29) is 6.54 Å². The quantitative estimate of drug-likeness (QED) is 0.250. The van der Waals surface area contributed by atoms with Crippen molar-refractivity contribution in [3.05, 3.63) is 42.0 Å². The summed E-state index contributed by atoms with van der Waals surface area (Å²) in [5, 5.41) is 23.0. The highest BCUT2D eigenvalue weighted by molar-refractivity contribution is 6.09. The predicted octanol–water partition coefficient (Wildman–Crippen LogP) is 2.67. The Bertz CT molecular complexity index is 883. The predicted molar refractivity (Wildman–Crippen MR) is 123 cm³/mol. The molecule has 1 aromatic rings. The number of amides is 2. The highest BCUT2D eigenvalue weighted by Gasteiger charge is 2.68. The Hall–Kier alpha value is -2.71. The number of unbranched alkanes of at least 4 members (excludes halogenated alkanes) is 2. The van der Waals surface area contributed by atoms with Crippen molar-refractivity contribution in [2.24, 2.45) is 11.8 Å². The summed E-state index contributed by atoms with van der Waals surface area (Å²) in [4.78, 5) is 40.0. The molecule has 0 aromatic heterocycles. The maximum absolute atomic E-state index is 13.3. The second-order valence-corrected chi connectivity index (χ2v) is 8.71. The van der Waals surface area contributed by atoms with Gasteiger partial charge in [0.15, 0.2) is 5.54 Å². The number of benzene rings is 1. The standard InChI is InChI=1S/C25H34N2O6/c1-3-5-6-7-8-9-14-27-22(29)19-20(23(27)30)25(16-28,24(31)32)26-21(19)17-10-12-18(13-11-17)33-15-4-2/h7-8,10-13,19-21,26,28H,3-6,9,14-16H2,1-2H3,(H,31,32). The van der Waals surface area contributed by atoms with E-state index in [1.807, 2.05) is 19.1 Å². The maximum Gasteiger partial charge on any atom is 0.327 e. The SMILES string of the molecule is CCCCC=CCCN1C(=O)C2C(c3ccc(OCCC)cc3)NC(CO)(C(=O)O)C2C1=O. The lowest BCUT2D eigenvalue weighted by Gasteiger charge is -2.29. The number of nitrogens with one attached hydrogen (secondary N) is 1. The van der Waals surface area contributed by atoms with Gasteiger partial charge in [-0.1, -0.05) is 51.0 Å². The minimum Gasteiger partial charge on any atom is -0.494 e. The first-order valence-electron chi connectivity index (χ1n) is 11.8. The molecule has 8 nitrogen and oxygen atoms in total. The van der Waals surface area contributed by atoms with Gasteiger partial charge >= 0.3 is 5.97 Å². The fraction of sp³-hybridized carbons (Fsp3) is 0.560. The van der Waals surface area contributed by atoms with Gasteiger partial charge in [0.25, 0.3) is 0 Å². The zero-order chi connectivity index (χ0) is 24.0. The summed E-state index contributed by atoms with van der Waals surface area (Å²) >= 11 is 0. The Morgan fingerprint density at radius 3 is 2.42 bits per heavy atom. The molecular formula is C25H34N2O6. The lowest BCUT2D eigenvalue weighted by atomic mass is 9.79. The number of ether oxygens (including phenoxy) is 1. The second kappa shape index (κ2) is 10.9. The minimum absolute atomic E-state index is 0.199. The summed E-state index contributed by atoms with van der Waals surface area (Å²) in [6.45, 7) is 4.10. The molecule has 2 fully saturated rings. The summed E-state index contributed by atoms with van der Waals surface area (Å²) in [6.07, 6.45) is 8.49. The molecule has 2 aliphatic rings. The van der Waals surface area contributed by atoms with Crippen LogP contribution in [0.4, 0.5) is 0 Å². The van der Waals surface area contributed by atoms with E-state index in [1.54, 1.807) is 24.3 Å². The maximum atomic E-state index is 13.3. The number of carboxylic acids is 1. The Morgan fingerprint density at radius 2 is 1.82 bits per heavy atom. The Kier molecular flexibility index (Phi) is 8.26. The average molecular weight is 459 g/mol. The van der Waals surface area contributed by atoms with E-state index >= 15 is 0 Å². The number of aliphatic carboxylic acids is 1. The number of rotatable bonds is 12. The van der Waals surface area contributed by atoms with Gasteiger partial charge in [-0.2, -0.15) is 0 Å². The van der Waals surface area contributed by atoms with Crippen LogP contribution in [-0.4, -0.2) is 58.2 Å². The lowest BCUT2D eigenvalue weighted by molar-refractivity contribution is -0.153. The number of allylic oxidation sites excluding steroid dienone is 1. The second-order valence-electron chi connectivity index (χ2n) is 8.71. The molecule has 3 rings (SSSR count). The summed E-state index contributed by atoms with van der Waals surface area (Å²) in [6, 6.07) is 6.36. The van der Waals surface area contributed by atoms with Gasteiger partial charge < -0.3 is 14.9 Å². The number of aliphatic hydroxyl groups is 1. The highest BCUT2D eigenvalue weighted by atomic mass is 16.5. The minimum atomic E-state index is -1.91. The molecule has 2 amide bonds. The van der Waals surface area contributed by atoms with E-state index in [1.165, 1.54) is 4.90 Å². The molecule has 180 valence electrons. The number of imide groups is 1. The molecule has 4 atom stereocenters. The van der Waals surface area contributed by atoms with Crippen molar-refractivity contribution in [1.82, 2.24) is 10.2 Å². The first kappa shape index (κ1) is 24.9. The van der Waals surface area contributed by atoms with Crippen LogP contribution < -0.4 is 10.1 Å². The number of hydrogen-bond acceptors (Lipinski definition) is 6. The molecule has 0 bridgehead atoms. The van der Waals surface area contributed by atoms with Crippen LogP contribution in [0, 0.1) is 11.8 Å². The number of carbonyl (C=O) groups is 3. The average Bonchev–Trinajstić information content (AvgIpc) is 3.30. The molecule has 2 heterocycles. The molecular weight excluding hydrogens is 424 g/mol. The smallest absolute Gasteiger partial charge is 0.327 e. The van der Waals surface area contributed by atoms with Crippen molar-refractivity contribution in [3.63, 3.8) is 0 Å². The molecule has 33 heavy (non-hydrogen) atoms. The molecule has 0 spiro atoms. The third-order valence-electron chi connectivity index (χ3n) is 6.50. The van der Waals surface area contributed by atoms with Gasteiger partial charge in [0.1, 0.15) is 5.75 Å². The number of carbonyl (C=O) groups excluding carboxylic acids is 2. The summed E-state index contributed by atoms with van der Waals surface area (Å²) in [5.41, 5.74) is -1.24. The number of likely N-dealkylation sites (tertiary alicyclic amines) is 1. The Labute approximate surface area is 194 Å². The van der Waals surface area contributed by atoms with Gasteiger partial charge in [-0.15, -0.1) is 0 Å². The van der Waals surface area contributed by atoms with Crippen LogP contribution in [0.1, 0.15) is 57.6 Å². The monoisotopic (exact) mass is 458 g/mol. The molecule has 0 aliphatic carbocycles. The first-order valence-corrected chi connectivity index (χ1v) is 11.8. The van der Waals surface area contributed by atoms with Crippen LogP contribution in [0.3, 0.4) is 0 Å². The van der Waals surface area contributed by atoms with E-state index < -0.39 is 47.8 Å². The van der Waals surface area contributed by atoms with Crippen LogP contribution in [0.15, 0.2) is 36.4 Å². The van der Waals surface area contributed by atoms with Crippen molar-refractivity contribution in [2.75, 3.05) is 19.8 Å². The fourth-order valence-electron chi connectivity index (χ4n) is 4.73. The normalized spacial score (nSPS) is 26.9. The van der Waals surface area contributed by atoms with E-state index in [0.717, 1.165) is 25.7 Å². The largest absolute Gasteiger partial charge is 0.494 e. The van der Waals surface area contributed by atoms with Crippen LogP contribution in [0.2, 0.25) is 0 Å². The molecule has 2 saturated heterocycles. The van der Waals surface area contributed by atoms with Crippen LogP contribution in [0.25, 0.3) is 0 Å². The van der Waals surface area contributed by atoms with Gasteiger partial charge in [0.05, 0.1) is 25.0 Å². The molecule has 0 saturated carbocycles. The summed E-state index contributed by atoms with van der Waals surface area (Å²) < 4.78 is 5.60. The van der Waals surface area contributed by atoms with Gasteiger partial charge in [-0.3, -0.25) is 24.6 Å². The van der Waals surface area contributed by atoms with E-state index in [4.69, 9.17) is 4.74 Å².